The molecule has 4 aromatic heterocycles. The molecule has 0 amide bonds. The van der Waals surface area contributed by atoms with Crippen LogP contribution in [0.25, 0.3) is 132 Å². The van der Waals surface area contributed by atoms with Gasteiger partial charge in [-0.25, -0.2) is 9.97 Å². The minimum absolute atomic E-state index is 0.601. The second-order valence-electron chi connectivity index (χ2n) is 15.7. The lowest BCUT2D eigenvalue weighted by atomic mass is 9.91. The van der Waals surface area contributed by atoms with Gasteiger partial charge in [-0.2, -0.15) is 0 Å². The number of para-hydroxylation sites is 4. The first kappa shape index (κ1) is 31.1. The van der Waals surface area contributed by atoms with Crippen LogP contribution < -0.4 is 0 Å². The van der Waals surface area contributed by atoms with E-state index >= 15 is 0 Å². The number of rotatable bonds is 2. The minimum Gasteiger partial charge on any atom is -0.452 e. The summed E-state index contributed by atoms with van der Waals surface area (Å²) in [5.41, 5.74) is 14.5. The molecule has 0 atom stereocenters. The molecular weight excluding hydrogens is 721 g/mol. The highest BCUT2D eigenvalue weighted by atomic mass is 16.3. The molecule has 272 valence electrons. The predicted molar refractivity (Wildman–Crippen MR) is 243 cm³/mol. The lowest BCUT2D eigenvalue weighted by molar-refractivity contribution is 0.666. The maximum Gasteiger partial charge on any atom is 0.236 e. The number of fused-ring (bicyclic) bond motifs is 18. The van der Waals surface area contributed by atoms with Gasteiger partial charge in [0.1, 0.15) is 16.8 Å². The van der Waals surface area contributed by atoms with Crippen molar-refractivity contribution in [3.63, 3.8) is 0 Å². The molecule has 0 radical (unpaired) electrons. The van der Waals surface area contributed by atoms with E-state index in [-0.39, 0.29) is 0 Å². The summed E-state index contributed by atoms with van der Waals surface area (Å²) in [6, 6.07) is 65.4. The molecular formula is C54H30N4O. The average Bonchev–Trinajstić information content (AvgIpc) is 3.92. The standard InChI is InChI=1S/C54H30N4O/c1-2-14-34-31(13-1)25-26-32-29-33(27-28-35(32)34)50-53-51(41-20-8-12-24-47(41)59-53)56-54(55-50)58-45-23-11-7-19-40(45)48-46(58)30-42-38-17-6-10-22-44(38)57-43-21-9-5-16-37(43)36-15-3-4-18-39(36)49(48)52(42)57/h1-30H. The highest BCUT2D eigenvalue weighted by Gasteiger charge is 2.30. The third kappa shape index (κ3) is 4.08. The molecule has 59 heavy (non-hydrogen) atoms. The van der Waals surface area contributed by atoms with Crippen LogP contribution >= 0.6 is 0 Å². The van der Waals surface area contributed by atoms with Gasteiger partial charge in [0, 0.05) is 43.6 Å². The monoisotopic (exact) mass is 750 g/mol. The molecule has 0 aliphatic carbocycles. The zero-order chi connectivity index (χ0) is 38.3. The molecule has 13 aromatic rings. The van der Waals surface area contributed by atoms with Crippen LogP contribution in [0.2, 0.25) is 0 Å². The van der Waals surface area contributed by atoms with Crippen molar-refractivity contribution in [2.45, 2.75) is 0 Å². The highest BCUT2D eigenvalue weighted by molar-refractivity contribution is 6.28. The van der Waals surface area contributed by atoms with E-state index in [1.54, 1.807) is 0 Å². The number of nitrogens with zero attached hydrogens (tertiary/aromatic N) is 4. The van der Waals surface area contributed by atoms with Crippen molar-refractivity contribution in [2.24, 2.45) is 0 Å². The van der Waals surface area contributed by atoms with Gasteiger partial charge in [-0.15, -0.1) is 0 Å². The summed E-state index contributed by atoms with van der Waals surface area (Å²) < 4.78 is 11.4. The van der Waals surface area contributed by atoms with Crippen molar-refractivity contribution in [2.75, 3.05) is 0 Å². The topological polar surface area (TPSA) is 48.8 Å². The van der Waals surface area contributed by atoms with Crippen molar-refractivity contribution in [1.29, 1.82) is 0 Å². The second kappa shape index (κ2) is 11.3. The molecule has 5 heteroatoms. The minimum atomic E-state index is 0.601. The quantitative estimate of drug-likeness (QED) is 0.165. The van der Waals surface area contributed by atoms with Gasteiger partial charge in [-0.1, -0.05) is 140 Å². The van der Waals surface area contributed by atoms with E-state index < -0.39 is 0 Å². The first-order valence-corrected chi connectivity index (χ1v) is 20.1. The van der Waals surface area contributed by atoms with Crippen LogP contribution in [0.5, 0.6) is 0 Å². The van der Waals surface area contributed by atoms with Crippen LogP contribution in [0.1, 0.15) is 0 Å². The molecule has 0 N–H and O–H groups in total. The smallest absolute Gasteiger partial charge is 0.236 e. The van der Waals surface area contributed by atoms with E-state index in [1.807, 2.05) is 12.1 Å². The van der Waals surface area contributed by atoms with E-state index in [0.717, 1.165) is 49.5 Å². The average molecular weight is 751 g/mol. The maximum atomic E-state index is 6.67. The summed E-state index contributed by atoms with van der Waals surface area (Å²) >= 11 is 0. The van der Waals surface area contributed by atoms with E-state index in [1.165, 1.54) is 71.3 Å². The van der Waals surface area contributed by atoms with E-state index in [9.17, 15) is 0 Å². The first-order chi connectivity index (χ1) is 29.3. The Morgan fingerprint density at radius 3 is 1.97 bits per heavy atom. The Hall–Kier alpha value is -8.02. The number of hydrogen-bond donors (Lipinski definition) is 0. The van der Waals surface area contributed by atoms with Gasteiger partial charge in [0.2, 0.25) is 5.95 Å². The number of benzene rings is 9. The molecule has 0 saturated carbocycles. The van der Waals surface area contributed by atoms with Crippen LogP contribution in [0, 0.1) is 0 Å². The fraction of sp³-hybridized carbons (Fsp3) is 0. The molecule has 0 saturated heterocycles. The summed E-state index contributed by atoms with van der Waals surface area (Å²) in [7, 11) is 0. The molecule has 0 fully saturated rings. The number of furan rings is 1. The van der Waals surface area contributed by atoms with E-state index in [4.69, 9.17) is 14.4 Å². The summed E-state index contributed by atoms with van der Waals surface area (Å²) in [5.74, 6) is 0.601. The van der Waals surface area contributed by atoms with Crippen molar-refractivity contribution in [3.05, 3.63) is 182 Å². The predicted octanol–water partition coefficient (Wildman–Crippen LogP) is 14.2. The highest BCUT2D eigenvalue weighted by Crippen LogP contribution is 2.51. The first-order valence-electron chi connectivity index (χ1n) is 20.1. The van der Waals surface area contributed by atoms with Gasteiger partial charge in [0.25, 0.3) is 0 Å². The van der Waals surface area contributed by atoms with E-state index in [0.29, 0.717) is 11.5 Å². The molecule has 5 heterocycles. The molecule has 0 spiro atoms. The van der Waals surface area contributed by atoms with E-state index in [2.05, 4.69) is 179 Å². The molecule has 9 aromatic carbocycles. The molecule has 14 rings (SSSR count). The maximum absolute atomic E-state index is 6.67. The van der Waals surface area contributed by atoms with Crippen LogP contribution in [0.15, 0.2) is 186 Å². The lowest BCUT2D eigenvalue weighted by Gasteiger charge is -2.13. The normalized spacial score (nSPS) is 12.4. The largest absolute Gasteiger partial charge is 0.452 e. The van der Waals surface area contributed by atoms with Gasteiger partial charge < -0.3 is 8.98 Å². The second-order valence-corrected chi connectivity index (χ2v) is 15.7. The Labute approximate surface area is 336 Å². The fourth-order valence-corrected chi connectivity index (χ4v) is 10.2. The Balaban J connectivity index is 1.15. The Kier molecular flexibility index (Phi) is 5.96. The number of hydrogen-bond acceptors (Lipinski definition) is 3. The Morgan fingerprint density at radius 1 is 0.424 bits per heavy atom. The Morgan fingerprint density at radius 2 is 1.08 bits per heavy atom. The van der Waals surface area contributed by atoms with Gasteiger partial charge in [-0.3, -0.25) is 4.57 Å². The Bertz CT molecular complexity index is 3980. The lowest BCUT2D eigenvalue weighted by Crippen LogP contribution is -2.03. The van der Waals surface area contributed by atoms with Gasteiger partial charge in [-0.05, 0) is 75.1 Å². The van der Waals surface area contributed by atoms with Gasteiger partial charge in [0.15, 0.2) is 5.58 Å². The fourth-order valence-electron chi connectivity index (χ4n) is 10.2. The molecule has 1 aliphatic heterocycles. The van der Waals surface area contributed by atoms with Gasteiger partial charge in [0.05, 0.1) is 27.8 Å². The van der Waals surface area contributed by atoms with Crippen LogP contribution in [-0.4, -0.2) is 19.1 Å². The zero-order valence-electron chi connectivity index (χ0n) is 31.5. The van der Waals surface area contributed by atoms with Gasteiger partial charge >= 0.3 is 0 Å². The van der Waals surface area contributed by atoms with Crippen molar-refractivity contribution in [1.82, 2.24) is 19.1 Å². The van der Waals surface area contributed by atoms with Crippen molar-refractivity contribution in [3.8, 4) is 45.1 Å². The third-order valence-corrected chi connectivity index (χ3v) is 12.7. The molecule has 0 unspecified atom stereocenters. The summed E-state index contributed by atoms with van der Waals surface area (Å²) in [6.45, 7) is 0. The molecule has 5 nitrogen and oxygen atoms in total. The van der Waals surface area contributed by atoms with Crippen LogP contribution in [-0.2, 0) is 0 Å². The summed E-state index contributed by atoms with van der Waals surface area (Å²) in [5, 5.41) is 10.5. The van der Waals surface area contributed by atoms with Crippen molar-refractivity contribution >= 4 is 87.2 Å². The van der Waals surface area contributed by atoms with Crippen LogP contribution in [0.4, 0.5) is 0 Å². The summed E-state index contributed by atoms with van der Waals surface area (Å²) in [4.78, 5) is 11.0. The SMILES string of the molecule is c1ccc2c(c1)-c1ccccc1-n1c3ccccc3c3cc4c(c-2c31)c1ccccc1n4-c1nc(-c2ccc3c(ccc4ccccc43)c2)c2oc3ccccc3c2n1. The number of aromatic nitrogens is 4. The molecule has 0 bridgehead atoms. The van der Waals surface area contributed by atoms with Crippen LogP contribution in [0.3, 0.4) is 0 Å². The zero-order valence-corrected chi connectivity index (χ0v) is 31.5. The third-order valence-electron chi connectivity index (χ3n) is 12.7. The van der Waals surface area contributed by atoms with Crippen molar-refractivity contribution < 1.29 is 4.42 Å². The summed E-state index contributed by atoms with van der Waals surface area (Å²) in [6.07, 6.45) is 0. The molecule has 1 aliphatic rings.